The van der Waals surface area contributed by atoms with Gasteiger partial charge >= 0.3 is 0 Å². The van der Waals surface area contributed by atoms with E-state index < -0.39 is 0 Å². The van der Waals surface area contributed by atoms with Gasteiger partial charge in [0, 0.05) is 18.3 Å². The summed E-state index contributed by atoms with van der Waals surface area (Å²) in [4.78, 5) is 11.8. The van der Waals surface area contributed by atoms with Crippen molar-refractivity contribution in [3.05, 3.63) is 41.0 Å². The van der Waals surface area contributed by atoms with Gasteiger partial charge in [0.15, 0.2) is 0 Å². The van der Waals surface area contributed by atoms with E-state index in [1.165, 1.54) is 29.3 Å². The second-order valence-electron chi connectivity index (χ2n) is 3.33. The Morgan fingerprint density at radius 1 is 1.17 bits per heavy atom. The predicted molar refractivity (Wildman–Crippen MR) is 65.1 cm³/mol. The van der Waals surface area contributed by atoms with Crippen LogP contribution in [0, 0.1) is 0 Å². The van der Waals surface area contributed by atoms with E-state index in [2.05, 4.69) is 20.1 Å². The number of halogens is 2. The zero-order chi connectivity index (χ0) is 12.5. The van der Waals surface area contributed by atoms with Crippen LogP contribution in [0.1, 0.15) is 0 Å². The van der Waals surface area contributed by atoms with Crippen molar-refractivity contribution in [2.24, 2.45) is 0 Å². The van der Waals surface area contributed by atoms with Crippen LogP contribution in [-0.4, -0.2) is 24.6 Å². The molecule has 0 saturated carbocycles. The minimum Gasteiger partial charge on any atom is -0.437 e. The van der Waals surface area contributed by atoms with Crippen LogP contribution in [0.3, 0.4) is 0 Å². The molecule has 3 aromatic rings. The molecule has 0 aliphatic carbocycles. The fraction of sp³-hybridized carbons (Fsp3) is 0. The molecule has 3 rings (SSSR count). The number of hydrogen-bond donors (Lipinski definition) is 0. The lowest BCUT2D eigenvalue weighted by molar-refractivity contribution is 0.444. The van der Waals surface area contributed by atoms with Crippen LogP contribution in [0.5, 0.6) is 11.6 Å². The molecule has 3 aromatic heterocycles. The second-order valence-corrected chi connectivity index (χ2v) is 4.15. The highest BCUT2D eigenvalue weighted by atomic mass is 35.5. The number of rotatable bonds is 2. The van der Waals surface area contributed by atoms with Gasteiger partial charge in [0.1, 0.15) is 17.2 Å². The van der Waals surface area contributed by atoms with Gasteiger partial charge in [-0.2, -0.15) is 19.6 Å². The molecule has 0 amide bonds. The van der Waals surface area contributed by atoms with E-state index in [1.54, 1.807) is 6.07 Å². The predicted octanol–water partition coefficient (Wildman–Crippen LogP) is 2.62. The topological polar surface area (TPSA) is 65.2 Å². The molecule has 0 atom stereocenters. The lowest BCUT2D eigenvalue weighted by Crippen LogP contribution is -1.98. The van der Waals surface area contributed by atoms with Crippen molar-refractivity contribution in [2.45, 2.75) is 0 Å². The zero-order valence-electron chi connectivity index (χ0n) is 8.79. The molecule has 3 heterocycles. The summed E-state index contributed by atoms with van der Waals surface area (Å²) in [6.07, 6.45) is 4.41. The second kappa shape index (κ2) is 4.40. The first-order valence-electron chi connectivity index (χ1n) is 4.87. The van der Waals surface area contributed by atoms with Gasteiger partial charge in [-0.1, -0.05) is 23.2 Å². The molecule has 0 aromatic carbocycles. The summed E-state index contributed by atoms with van der Waals surface area (Å²) < 4.78 is 7.02. The van der Waals surface area contributed by atoms with Crippen LogP contribution < -0.4 is 4.74 Å². The van der Waals surface area contributed by atoms with Crippen LogP contribution >= 0.6 is 23.2 Å². The third-order valence-electron chi connectivity index (χ3n) is 2.09. The SMILES string of the molecule is Clc1cncc(Oc2cc(Cl)nc3ncnn23)c1. The van der Waals surface area contributed by atoms with Crippen LogP contribution in [0.4, 0.5) is 0 Å². The Bertz CT molecular complexity index is 714. The molecule has 0 radical (unpaired) electrons. The van der Waals surface area contributed by atoms with Crippen LogP contribution in [0.25, 0.3) is 5.78 Å². The largest absolute Gasteiger partial charge is 0.437 e. The minimum atomic E-state index is 0.264. The Balaban J connectivity index is 2.06. The summed E-state index contributed by atoms with van der Waals surface area (Å²) in [7, 11) is 0. The third kappa shape index (κ3) is 2.07. The Morgan fingerprint density at radius 3 is 2.89 bits per heavy atom. The maximum absolute atomic E-state index is 5.86. The first-order valence-corrected chi connectivity index (χ1v) is 5.63. The lowest BCUT2D eigenvalue weighted by atomic mass is 10.4. The summed E-state index contributed by atoms with van der Waals surface area (Å²) in [6, 6.07) is 3.16. The van der Waals surface area contributed by atoms with Crippen LogP contribution in [-0.2, 0) is 0 Å². The fourth-order valence-corrected chi connectivity index (χ4v) is 1.73. The van der Waals surface area contributed by atoms with E-state index in [0.29, 0.717) is 22.4 Å². The molecular weight excluding hydrogens is 277 g/mol. The number of ether oxygens (including phenoxy) is 1. The van der Waals surface area contributed by atoms with Gasteiger partial charge in [-0.05, 0) is 0 Å². The van der Waals surface area contributed by atoms with E-state index >= 15 is 0 Å². The molecule has 18 heavy (non-hydrogen) atoms. The monoisotopic (exact) mass is 281 g/mol. The molecule has 0 bridgehead atoms. The quantitative estimate of drug-likeness (QED) is 0.676. The van der Waals surface area contributed by atoms with Crippen molar-refractivity contribution in [1.29, 1.82) is 0 Å². The fourth-order valence-electron chi connectivity index (χ4n) is 1.40. The molecular formula is C10H5Cl2N5O. The normalized spacial score (nSPS) is 10.8. The first kappa shape index (κ1) is 11.2. The molecule has 0 unspecified atom stereocenters. The highest BCUT2D eigenvalue weighted by molar-refractivity contribution is 6.30. The van der Waals surface area contributed by atoms with Crippen LogP contribution in [0.2, 0.25) is 10.2 Å². The van der Waals surface area contributed by atoms with E-state index in [4.69, 9.17) is 27.9 Å². The molecule has 0 spiro atoms. The van der Waals surface area contributed by atoms with Crippen LogP contribution in [0.15, 0.2) is 30.9 Å². The molecule has 0 aliphatic heterocycles. The number of hydrogen-bond acceptors (Lipinski definition) is 5. The number of nitrogens with zero attached hydrogens (tertiary/aromatic N) is 5. The molecule has 0 N–H and O–H groups in total. The number of aromatic nitrogens is 5. The number of fused-ring (bicyclic) bond motifs is 1. The molecule has 0 saturated heterocycles. The van der Waals surface area contributed by atoms with E-state index in [-0.39, 0.29) is 5.15 Å². The smallest absolute Gasteiger partial charge is 0.256 e. The van der Waals surface area contributed by atoms with Gasteiger partial charge in [0.2, 0.25) is 5.88 Å². The zero-order valence-corrected chi connectivity index (χ0v) is 10.3. The lowest BCUT2D eigenvalue weighted by Gasteiger charge is -2.06. The number of pyridine rings is 1. The van der Waals surface area contributed by atoms with Crippen molar-refractivity contribution in [1.82, 2.24) is 24.6 Å². The van der Waals surface area contributed by atoms with Gasteiger partial charge in [0.05, 0.1) is 11.2 Å². The Kier molecular flexibility index (Phi) is 2.73. The molecule has 6 nitrogen and oxygen atoms in total. The maximum atomic E-state index is 5.86. The Morgan fingerprint density at radius 2 is 2.06 bits per heavy atom. The van der Waals surface area contributed by atoms with Crippen molar-refractivity contribution >= 4 is 29.0 Å². The van der Waals surface area contributed by atoms with Crippen molar-refractivity contribution in [3.63, 3.8) is 0 Å². The summed E-state index contributed by atoms with van der Waals surface area (Å²) in [5.41, 5.74) is 0. The van der Waals surface area contributed by atoms with Crippen molar-refractivity contribution in [3.8, 4) is 11.6 Å². The Hall–Kier alpha value is -1.92. The van der Waals surface area contributed by atoms with Gasteiger partial charge in [0.25, 0.3) is 5.78 Å². The summed E-state index contributed by atoms with van der Waals surface area (Å²) in [5.74, 6) is 1.21. The molecule has 0 aliphatic rings. The highest BCUT2D eigenvalue weighted by Gasteiger charge is 2.08. The maximum Gasteiger partial charge on any atom is 0.256 e. The third-order valence-corrected chi connectivity index (χ3v) is 2.49. The molecule has 90 valence electrons. The molecule has 8 heteroatoms. The van der Waals surface area contributed by atoms with Gasteiger partial charge in [-0.15, -0.1) is 0 Å². The average Bonchev–Trinajstić information content (AvgIpc) is 2.77. The summed E-state index contributed by atoms with van der Waals surface area (Å²) in [6.45, 7) is 0. The van der Waals surface area contributed by atoms with Gasteiger partial charge in [-0.25, -0.2) is 0 Å². The summed E-state index contributed by atoms with van der Waals surface area (Å²) >= 11 is 11.7. The molecule has 0 fully saturated rings. The Labute approximate surface area is 111 Å². The first-order chi connectivity index (χ1) is 8.72. The van der Waals surface area contributed by atoms with E-state index in [9.17, 15) is 0 Å². The minimum absolute atomic E-state index is 0.264. The van der Waals surface area contributed by atoms with E-state index in [0.717, 1.165) is 0 Å². The average molecular weight is 282 g/mol. The van der Waals surface area contributed by atoms with E-state index in [1.807, 2.05) is 0 Å². The highest BCUT2D eigenvalue weighted by Crippen LogP contribution is 2.24. The summed E-state index contributed by atoms with van der Waals surface area (Å²) in [5, 5.41) is 4.72. The van der Waals surface area contributed by atoms with Gasteiger partial charge < -0.3 is 4.74 Å². The van der Waals surface area contributed by atoms with Crippen molar-refractivity contribution < 1.29 is 4.74 Å². The standard InChI is InChI=1S/C10H5Cl2N5O/c11-6-1-7(4-13-3-6)18-9-2-8(12)16-10-14-5-15-17(9)10/h1-5H. The van der Waals surface area contributed by atoms with Gasteiger partial charge in [-0.3, -0.25) is 4.98 Å². The van der Waals surface area contributed by atoms with Crippen molar-refractivity contribution in [2.75, 3.05) is 0 Å².